The lowest BCUT2D eigenvalue weighted by Crippen LogP contribution is -2.25. The number of nitrogens with zero attached hydrogens (tertiary/aromatic N) is 2. The van der Waals surface area contributed by atoms with E-state index in [4.69, 9.17) is 0 Å². The van der Waals surface area contributed by atoms with Gasteiger partial charge in [0, 0.05) is 18.3 Å². The zero-order chi connectivity index (χ0) is 14.1. The smallest absolute Gasteiger partial charge is 0.292 e. The van der Waals surface area contributed by atoms with Gasteiger partial charge in [-0.2, -0.15) is 0 Å². The van der Waals surface area contributed by atoms with Gasteiger partial charge in [-0.25, -0.2) is 0 Å². The standard InChI is InChI=1S/C16H16N2O2/c1-12-8-9-14-13(11-12)5-4-10-17(14)15-6-2-3-7-16(15)18(19)20/h2-3,6-9,11H,4-5,10H2,1H3. The lowest BCUT2D eigenvalue weighted by Gasteiger charge is -2.31. The molecule has 2 aromatic carbocycles. The van der Waals surface area contributed by atoms with Crippen molar-refractivity contribution in [3.05, 3.63) is 63.7 Å². The Kier molecular flexibility index (Phi) is 3.14. The number of rotatable bonds is 2. The van der Waals surface area contributed by atoms with Crippen LogP contribution in [0.4, 0.5) is 17.1 Å². The number of hydrogen-bond donors (Lipinski definition) is 0. The van der Waals surface area contributed by atoms with Gasteiger partial charge in [0.15, 0.2) is 0 Å². The van der Waals surface area contributed by atoms with Crippen molar-refractivity contribution in [2.45, 2.75) is 19.8 Å². The number of nitro groups is 1. The van der Waals surface area contributed by atoms with E-state index in [2.05, 4.69) is 30.0 Å². The van der Waals surface area contributed by atoms with E-state index in [1.165, 1.54) is 11.1 Å². The monoisotopic (exact) mass is 268 g/mol. The minimum absolute atomic E-state index is 0.168. The second-order valence-corrected chi connectivity index (χ2v) is 5.13. The molecule has 1 heterocycles. The van der Waals surface area contributed by atoms with Crippen LogP contribution in [0.25, 0.3) is 0 Å². The first kappa shape index (κ1) is 12.7. The van der Waals surface area contributed by atoms with Crippen molar-refractivity contribution in [3.63, 3.8) is 0 Å². The zero-order valence-electron chi connectivity index (χ0n) is 11.4. The Balaban J connectivity index is 2.12. The molecule has 0 aliphatic carbocycles. The molecule has 2 aromatic rings. The zero-order valence-corrected chi connectivity index (χ0v) is 11.4. The maximum Gasteiger partial charge on any atom is 0.292 e. The fourth-order valence-corrected chi connectivity index (χ4v) is 2.82. The summed E-state index contributed by atoms with van der Waals surface area (Å²) in [6, 6.07) is 13.3. The summed E-state index contributed by atoms with van der Waals surface area (Å²) in [5.74, 6) is 0. The molecule has 0 radical (unpaired) electrons. The number of nitro benzene ring substituents is 1. The van der Waals surface area contributed by atoms with Crippen LogP contribution in [0.1, 0.15) is 17.5 Å². The number of aryl methyl sites for hydroxylation is 2. The molecule has 20 heavy (non-hydrogen) atoms. The SMILES string of the molecule is Cc1ccc2c(c1)CCCN2c1ccccc1[N+](=O)[O-]. The molecule has 0 spiro atoms. The van der Waals surface area contributed by atoms with E-state index >= 15 is 0 Å². The minimum atomic E-state index is -0.308. The number of fused-ring (bicyclic) bond motifs is 1. The van der Waals surface area contributed by atoms with E-state index in [-0.39, 0.29) is 10.6 Å². The quantitative estimate of drug-likeness (QED) is 0.611. The fourth-order valence-electron chi connectivity index (χ4n) is 2.82. The van der Waals surface area contributed by atoms with Gasteiger partial charge in [0.05, 0.1) is 4.92 Å². The van der Waals surface area contributed by atoms with Gasteiger partial charge in [-0.1, -0.05) is 29.8 Å². The van der Waals surface area contributed by atoms with E-state index in [1.54, 1.807) is 12.1 Å². The van der Waals surface area contributed by atoms with Crippen LogP contribution in [0.3, 0.4) is 0 Å². The molecule has 0 bridgehead atoms. The molecule has 1 aliphatic heterocycles. The van der Waals surface area contributed by atoms with Crippen LogP contribution in [0.5, 0.6) is 0 Å². The van der Waals surface area contributed by atoms with E-state index in [1.807, 2.05) is 12.1 Å². The highest BCUT2D eigenvalue weighted by atomic mass is 16.6. The minimum Gasteiger partial charge on any atom is -0.336 e. The molecule has 0 N–H and O–H groups in total. The first-order valence-corrected chi connectivity index (χ1v) is 6.77. The lowest BCUT2D eigenvalue weighted by molar-refractivity contribution is -0.384. The summed E-state index contributed by atoms with van der Waals surface area (Å²) < 4.78 is 0. The third-order valence-electron chi connectivity index (χ3n) is 3.72. The van der Waals surface area contributed by atoms with Gasteiger partial charge in [-0.05, 0) is 37.5 Å². The van der Waals surface area contributed by atoms with Crippen LogP contribution in [-0.2, 0) is 6.42 Å². The van der Waals surface area contributed by atoms with Crippen LogP contribution in [0.2, 0.25) is 0 Å². The fraction of sp³-hybridized carbons (Fsp3) is 0.250. The van der Waals surface area contributed by atoms with Gasteiger partial charge in [0.25, 0.3) is 5.69 Å². The molecule has 1 aliphatic rings. The summed E-state index contributed by atoms with van der Waals surface area (Å²) in [6.07, 6.45) is 2.05. The first-order valence-electron chi connectivity index (χ1n) is 6.77. The Morgan fingerprint density at radius 3 is 2.75 bits per heavy atom. The normalized spacial score (nSPS) is 13.9. The molecule has 0 unspecified atom stereocenters. The molecule has 0 saturated carbocycles. The molecule has 0 atom stereocenters. The van der Waals surface area contributed by atoms with Crippen LogP contribution < -0.4 is 4.90 Å². The first-order chi connectivity index (χ1) is 9.66. The molecular formula is C16H16N2O2. The summed E-state index contributed by atoms with van der Waals surface area (Å²) in [7, 11) is 0. The van der Waals surface area contributed by atoms with Crippen molar-refractivity contribution in [2.24, 2.45) is 0 Å². The molecule has 0 amide bonds. The molecule has 4 nitrogen and oxygen atoms in total. The van der Waals surface area contributed by atoms with Gasteiger partial charge in [0.1, 0.15) is 5.69 Å². The van der Waals surface area contributed by atoms with Gasteiger partial charge in [-0.3, -0.25) is 10.1 Å². The van der Waals surface area contributed by atoms with E-state index in [9.17, 15) is 10.1 Å². The van der Waals surface area contributed by atoms with Crippen molar-refractivity contribution in [1.82, 2.24) is 0 Å². The van der Waals surface area contributed by atoms with Crippen LogP contribution in [-0.4, -0.2) is 11.5 Å². The van der Waals surface area contributed by atoms with Gasteiger partial charge in [-0.15, -0.1) is 0 Å². The predicted octanol–water partition coefficient (Wildman–Crippen LogP) is 3.99. The molecule has 0 aromatic heterocycles. The van der Waals surface area contributed by atoms with E-state index < -0.39 is 0 Å². The Hall–Kier alpha value is -2.36. The van der Waals surface area contributed by atoms with Crippen molar-refractivity contribution in [2.75, 3.05) is 11.4 Å². The Bertz CT molecular complexity index is 667. The topological polar surface area (TPSA) is 46.4 Å². The van der Waals surface area contributed by atoms with Crippen molar-refractivity contribution >= 4 is 17.1 Å². The Morgan fingerprint density at radius 2 is 1.95 bits per heavy atom. The summed E-state index contributed by atoms with van der Waals surface area (Å²) in [5.41, 5.74) is 4.45. The number of benzene rings is 2. The van der Waals surface area contributed by atoms with Crippen molar-refractivity contribution in [3.8, 4) is 0 Å². The second kappa shape index (κ2) is 4.96. The molecule has 102 valence electrons. The maximum atomic E-state index is 11.2. The van der Waals surface area contributed by atoms with Gasteiger partial charge < -0.3 is 4.90 Å². The van der Waals surface area contributed by atoms with Crippen LogP contribution >= 0.6 is 0 Å². The highest BCUT2D eigenvalue weighted by Crippen LogP contribution is 2.38. The number of para-hydroxylation sites is 2. The summed E-state index contributed by atoms with van der Waals surface area (Å²) >= 11 is 0. The van der Waals surface area contributed by atoms with E-state index in [0.29, 0.717) is 5.69 Å². The summed E-state index contributed by atoms with van der Waals surface area (Å²) in [6.45, 7) is 2.89. The Morgan fingerprint density at radius 1 is 1.15 bits per heavy atom. The molecule has 0 saturated heterocycles. The van der Waals surface area contributed by atoms with Crippen LogP contribution in [0, 0.1) is 17.0 Å². The third kappa shape index (κ3) is 2.13. The summed E-state index contributed by atoms with van der Waals surface area (Å²) in [5, 5.41) is 11.2. The number of hydrogen-bond acceptors (Lipinski definition) is 3. The van der Waals surface area contributed by atoms with Crippen molar-refractivity contribution < 1.29 is 4.92 Å². The summed E-state index contributed by atoms with van der Waals surface area (Å²) in [4.78, 5) is 13.0. The molecular weight excluding hydrogens is 252 g/mol. The second-order valence-electron chi connectivity index (χ2n) is 5.13. The largest absolute Gasteiger partial charge is 0.336 e. The number of anilines is 2. The highest BCUT2D eigenvalue weighted by molar-refractivity contribution is 5.74. The highest BCUT2D eigenvalue weighted by Gasteiger charge is 2.24. The van der Waals surface area contributed by atoms with Crippen molar-refractivity contribution in [1.29, 1.82) is 0 Å². The third-order valence-corrected chi connectivity index (χ3v) is 3.72. The Labute approximate surface area is 117 Å². The molecule has 3 rings (SSSR count). The lowest BCUT2D eigenvalue weighted by atomic mass is 9.99. The molecule has 0 fully saturated rings. The maximum absolute atomic E-state index is 11.2. The van der Waals surface area contributed by atoms with E-state index in [0.717, 1.165) is 25.1 Å². The average molecular weight is 268 g/mol. The van der Waals surface area contributed by atoms with Gasteiger partial charge in [0.2, 0.25) is 0 Å². The predicted molar refractivity (Wildman–Crippen MR) is 79.6 cm³/mol. The van der Waals surface area contributed by atoms with Crippen LogP contribution in [0.15, 0.2) is 42.5 Å². The average Bonchev–Trinajstić information content (AvgIpc) is 2.46. The molecule has 4 heteroatoms. The van der Waals surface area contributed by atoms with Gasteiger partial charge >= 0.3 is 0 Å².